The van der Waals surface area contributed by atoms with Gasteiger partial charge in [0.1, 0.15) is 0 Å². The molecule has 2 aliphatic heterocycles. The lowest BCUT2D eigenvalue weighted by molar-refractivity contribution is -0.122. The molecule has 126 valence electrons. The molecule has 3 rings (SSSR count). The number of piperidine rings is 1. The average molecular weight is 308 g/mol. The highest BCUT2D eigenvalue weighted by atomic mass is 16.5. The predicted octanol–water partition coefficient (Wildman–Crippen LogP) is 2.62. The van der Waals surface area contributed by atoms with E-state index < -0.39 is 0 Å². The maximum Gasteiger partial charge on any atom is 0.220 e. The Bertz CT molecular complexity index is 362. The Kier molecular flexibility index (Phi) is 5.75. The van der Waals surface area contributed by atoms with E-state index in [-0.39, 0.29) is 5.91 Å². The standard InChI is InChI=1S/C18H32N2O2/c1-13-4-2-3-5-17(13)22-9-8-19-18(21)12-14-10-15-6-7-16(11-14)20-15/h13-17,20H,2-12H2,1H3,(H,19,21). The van der Waals surface area contributed by atoms with E-state index in [2.05, 4.69) is 17.6 Å². The Hall–Kier alpha value is -0.610. The zero-order valence-corrected chi connectivity index (χ0v) is 14.0. The second-order valence-electron chi connectivity index (χ2n) is 7.70. The van der Waals surface area contributed by atoms with Crippen molar-refractivity contribution in [2.24, 2.45) is 11.8 Å². The SMILES string of the molecule is CC1CCCCC1OCCNC(=O)CC1CC2CCC(C1)N2. The van der Waals surface area contributed by atoms with Crippen LogP contribution in [0.15, 0.2) is 0 Å². The lowest BCUT2D eigenvalue weighted by atomic mass is 9.88. The molecule has 2 saturated heterocycles. The van der Waals surface area contributed by atoms with Gasteiger partial charge in [-0.3, -0.25) is 4.79 Å². The van der Waals surface area contributed by atoms with Crippen LogP contribution in [0.5, 0.6) is 0 Å². The van der Waals surface area contributed by atoms with Gasteiger partial charge in [-0.05, 0) is 50.4 Å². The van der Waals surface area contributed by atoms with Crippen molar-refractivity contribution in [3.63, 3.8) is 0 Å². The van der Waals surface area contributed by atoms with Gasteiger partial charge in [0.25, 0.3) is 0 Å². The molecule has 0 aromatic rings. The maximum absolute atomic E-state index is 12.1. The largest absolute Gasteiger partial charge is 0.376 e. The molecule has 1 saturated carbocycles. The third-order valence-corrected chi connectivity index (χ3v) is 5.83. The molecule has 0 spiro atoms. The lowest BCUT2D eigenvalue weighted by Crippen LogP contribution is -2.40. The molecule has 2 heterocycles. The molecule has 2 bridgehead atoms. The Morgan fingerprint density at radius 1 is 1.14 bits per heavy atom. The smallest absolute Gasteiger partial charge is 0.220 e. The number of amides is 1. The highest BCUT2D eigenvalue weighted by Crippen LogP contribution is 2.32. The molecule has 1 aliphatic carbocycles. The highest BCUT2D eigenvalue weighted by Gasteiger charge is 2.34. The van der Waals surface area contributed by atoms with Crippen molar-refractivity contribution >= 4 is 5.91 Å². The Labute approximate surface area is 134 Å². The number of rotatable bonds is 6. The molecule has 4 atom stereocenters. The second-order valence-corrected chi connectivity index (χ2v) is 7.70. The summed E-state index contributed by atoms with van der Waals surface area (Å²) < 4.78 is 5.95. The minimum atomic E-state index is 0.214. The van der Waals surface area contributed by atoms with Crippen LogP contribution >= 0.6 is 0 Å². The van der Waals surface area contributed by atoms with Crippen LogP contribution in [0.25, 0.3) is 0 Å². The third kappa shape index (κ3) is 4.45. The molecule has 3 fully saturated rings. The first-order chi connectivity index (χ1) is 10.7. The summed E-state index contributed by atoms with van der Waals surface area (Å²) in [4.78, 5) is 12.1. The van der Waals surface area contributed by atoms with Crippen LogP contribution < -0.4 is 10.6 Å². The normalized spacial score (nSPS) is 38.0. The van der Waals surface area contributed by atoms with Crippen molar-refractivity contribution in [3.05, 3.63) is 0 Å². The van der Waals surface area contributed by atoms with Gasteiger partial charge >= 0.3 is 0 Å². The van der Waals surface area contributed by atoms with Crippen LogP contribution in [-0.2, 0) is 9.53 Å². The monoisotopic (exact) mass is 308 g/mol. The molecular formula is C18H32N2O2. The van der Waals surface area contributed by atoms with Gasteiger partial charge in [0, 0.05) is 25.0 Å². The van der Waals surface area contributed by atoms with Gasteiger partial charge in [-0.1, -0.05) is 19.8 Å². The van der Waals surface area contributed by atoms with Gasteiger partial charge in [-0.25, -0.2) is 0 Å². The second kappa shape index (κ2) is 7.78. The number of carbonyl (C=O) groups excluding carboxylic acids is 1. The molecule has 22 heavy (non-hydrogen) atoms. The van der Waals surface area contributed by atoms with E-state index in [1.165, 1.54) is 51.4 Å². The van der Waals surface area contributed by atoms with E-state index in [1.807, 2.05) is 0 Å². The quantitative estimate of drug-likeness (QED) is 0.742. The number of hydrogen-bond acceptors (Lipinski definition) is 3. The lowest BCUT2D eigenvalue weighted by Gasteiger charge is -2.29. The minimum Gasteiger partial charge on any atom is -0.376 e. The van der Waals surface area contributed by atoms with Crippen LogP contribution in [0.2, 0.25) is 0 Å². The van der Waals surface area contributed by atoms with Gasteiger partial charge in [0.15, 0.2) is 0 Å². The summed E-state index contributed by atoms with van der Waals surface area (Å²) in [5, 5.41) is 6.68. The van der Waals surface area contributed by atoms with E-state index in [9.17, 15) is 4.79 Å². The number of hydrogen-bond donors (Lipinski definition) is 2. The number of ether oxygens (including phenoxy) is 1. The molecule has 2 N–H and O–H groups in total. The number of nitrogens with one attached hydrogen (secondary N) is 2. The Balaban J connectivity index is 1.28. The minimum absolute atomic E-state index is 0.214. The molecule has 4 unspecified atom stereocenters. The van der Waals surface area contributed by atoms with Crippen molar-refractivity contribution in [2.45, 2.75) is 82.9 Å². The molecule has 1 amide bonds. The molecule has 4 heteroatoms. The maximum atomic E-state index is 12.1. The first-order valence-corrected chi connectivity index (χ1v) is 9.35. The van der Waals surface area contributed by atoms with Gasteiger partial charge < -0.3 is 15.4 Å². The Morgan fingerprint density at radius 3 is 2.59 bits per heavy atom. The highest BCUT2D eigenvalue weighted by molar-refractivity contribution is 5.76. The molecule has 3 aliphatic rings. The van der Waals surface area contributed by atoms with Gasteiger partial charge in [-0.15, -0.1) is 0 Å². The summed E-state index contributed by atoms with van der Waals surface area (Å²) in [6, 6.07) is 1.35. The average Bonchev–Trinajstić information content (AvgIpc) is 2.84. The van der Waals surface area contributed by atoms with Gasteiger partial charge in [-0.2, -0.15) is 0 Å². The van der Waals surface area contributed by atoms with E-state index in [0.717, 1.165) is 0 Å². The zero-order chi connectivity index (χ0) is 15.4. The number of carbonyl (C=O) groups is 1. The van der Waals surface area contributed by atoms with E-state index in [4.69, 9.17) is 4.74 Å². The van der Waals surface area contributed by atoms with Crippen molar-refractivity contribution < 1.29 is 9.53 Å². The first-order valence-electron chi connectivity index (χ1n) is 9.35. The van der Waals surface area contributed by atoms with Crippen molar-refractivity contribution in [2.75, 3.05) is 13.2 Å². The van der Waals surface area contributed by atoms with Crippen LogP contribution in [0, 0.1) is 11.8 Å². The summed E-state index contributed by atoms with van der Waals surface area (Å²) in [6.07, 6.45) is 11.2. The fraction of sp³-hybridized carbons (Fsp3) is 0.944. The van der Waals surface area contributed by atoms with Crippen molar-refractivity contribution in [3.8, 4) is 0 Å². The molecular weight excluding hydrogens is 276 g/mol. The van der Waals surface area contributed by atoms with Gasteiger partial charge in [0.05, 0.1) is 12.7 Å². The number of fused-ring (bicyclic) bond motifs is 2. The zero-order valence-electron chi connectivity index (χ0n) is 14.0. The molecule has 0 aromatic heterocycles. The van der Waals surface area contributed by atoms with Crippen molar-refractivity contribution in [1.29, 1.82) is 0 Å². The van der Waals surface area contributed by atoms with E-state index >= 15 is 0 Å². The summed E-state index contributed by atoms with van der Waals surface area (Å²) in [6.45, 7) is 3.62. The predicted molar refractivity (Wildman–Crippen MR) is 87.7 cm³/mol. The first kappa shape index (κ1) is 16.3. The van der Waals surface area contributed by atoms with Crippen molar-refractivity contribution in [1.82, 2.24) is 10.6 Å². The molecule has 4 nitrogen and oxygen atoms in total. The third-order valence-electron chi connectivity index (χ3n) is 5.83. The van der Waals surface area contributed by atoms with Gasteiger partial charge in [0.2, 0.25) is 5.91 Å². The van der Waals surface area contributed by atoms with Crippen LogP contribution in [0.4, 0.5) is 0 Å². The van der Waals surface area contributed by atoms with Crippen LogP contribution in [0.1, 0.15) is 64.7 Å². The molecule has 0 aromatic carbocycles. The topological polar surface area (TPSA) is 50.4 Å². The summed E-state index contributed by atoms with van der Waals surface area (Å²) >= 11 is 0. The summed E-state index contributed by atoms with van der Waals surface area (Å²) in [5.41, 5.74) is 0. The summed E-state index contributed by atoms with van der Waals surface area (Å²) in [7, 11) is 0. The van der Waals surface area contributed by atoms with E-state index in [1.54, 1.807) is 0 Å². The van der Waals surface area contributed by atoms with E-state index in [0.29, 0.717) is 49.6 Å². The molecule has 0 radical (unpaired) electrons. The fourth-order valence-electron chi connectivity index (χ4n) is 4.61. The summed E-state index contributed by atoms with van der Waals surface area (Å²) in [5.74, 6) is 1.47. The Morgan fingerprint density at radius 2 is 1.86 bits per heavy atom. The van der Waals surface area contributed by atoms with Crippen LogP contribution in [-0.4, -0.2) is 37.2 Å². The van der Waals surface area contributed by atoms with Crippen LogP contribution in [0.3, 0.4) is 0 Å². The fourth-order valence-corrected chi connectivity index (χ4v) is 4.61.